The van der Waals surface area contributed by atoms with E-state index in [1.807, 2.05) is 18.2 Å². The van der Waals surface area contributed by atoms with Gasteiger partial charge in [0.15, 0.2) is 17.5 Å². The molecule has 4 heteroatoms. The molecule has 0 aliphatic heterocycles. The summed E-state index contributed by atoms with van der Waals surface area (Å²) in [4.78, 5) is 15.9. The third-order valence-electron chi connectivity index (χ3n) is 12.0. The Balaban J connectivity index is 1.07. The van der Waals surface area contributed by atoms with Gasteiger partial charge in [-0.15, -0.1) is 0 Å². The molecule has 12 rings (SSSR count). The summed E-state index contributed by atoms with van der Waals surface area (Å²) in [6.07, 6.45) is 0. The summed E-state index contributed by atoms with van der Waals surface area (Å²) in [5.74, 6) is 1.80. The van der Waals surface area contributed by atoms with Gasteiger partial charge >= 0.3 is 0 Å². The fourth-order valence-electron chi connectivity index (χ4n) is 9.08. The predicted molar refractivity (Wildman–Crippen MR) is 252 cm³/mol. The maximum atomic E-state index is 6.88. The number of nitrogens with zero attached hydrogens (tertiary/aromatic N) is 3. The van der Waals surface area contributed by atoms with E-state index in [-0.39, 0.29) is 0 Å². The highest BCUT2D eigenvalue weighted by molar-refractivity contribution is 6.17. The number of hydrogen-bond acceptors (Lipinski definition) is 4. The van der Waals surface area contributed by atoms with Crippen molar-refractivity contribution in [2.75, 3.05) is 0 Å². The Morgan fingerprint density at radius 3 is 1.54 bits per heavy atom. The Morgan fingerprint density at radius 1 is 0.279 bits per heavy atom. The van der Waals surface area contributed by atoms with Crippen LogP contribution in [0.15, 0.2) is 217 Å². The molecule has 0 saturated heterocycles. The predicted octanol–water partition coefficient (Wildman–Crippen LogP) is 15.2. The molecular formula is C57H35N3O. The quantitative estimate of drug-likeness (QED) is 0.158. The first-order chi connectivity index (χ1) is 30.2. The van der Waals surface area contributed by atoms with E-state index in [0.717, 1.165) is 77.0 Å². The standard InChI is InChI=1S/C57H35N3O/c1-3-15-36(16-4-1)37-29-31-39(32-30-37)55-58-56(60-57(59-55)51-35-40-19-7-8-20-41(40)43-21-10-12-24-46(43)51)50-27-14-28-52-53(50)49-26-13-25-48(54(49)61-52)47-34-33-42(38-17-5-2-6-18-38)44-22-9-11-23-45(44)47/h1-35H. The Bertz CT molecular complexity index is 3630. The molecule has 2 heterocycles. The summed E-state index contributed by atoms with van der Waals surface area (Å²) in [5.41, 5.74) is 11.2. The molecule has 0 aliphatic rings. The Labute approximate surface area is 352 Å². The summed E-state index contributed by atoms with van der Waals surface area (Å²) in [6.45, 7) is 0. The van der Waals surface area contributed by atoms with Gasteiger partial charge in [0.2, 0.25) is 0 Å². The second kappa shape index (κ2) is 14.3. The zero-order valence-electron chi connectivity index (χ0n) is 33.0. The zero-order chi connectivity index (χ0) is 40.3. The van der Waals surface area contributed by atoms with Crippen molar-refractivity contribution in [3.8, 4) is 67.5 Å². The summed E-state index contributed by atoms with van der Waals surface area (Å²) in [5, 5.41) is 8.92. The van der Waals surface area contributed by atoms with Gasteiger partial charge in [-0.3, -0.25) is 0 Å². The van der Waals surface area contributed by atoms with Crippen molar-refractivity contribution in [3.63, 3.8) is 0 Å². The van der Waals surface area contributed by atoms with E-state index in [2.05, 4.69) is 194 Å². The third-order valence-corrected chi connectivity index (χ3v) is 12.0. The third kappa shape index (κ3) is 5.88. The van der Waals surface area contributed by atoms with Gasteiger partial charge in [0.25, 0.3) is 0 Å². The van der Waals surface area contributed by atoms with Crippen molar-refractivity contribution in [1.29, 1.82) is 0 Å². The van der Waals surface area contributed by atoms with Crippen LogP contribution in [0.2, 0.25) is 0 Å². The minimum Gasteiger partial charge on any atom is -0.455 e. The number of hydrogen-bond donors (Lipinski definition) is 0. The van der Waals surface area contributed by atoms with Crippen LogP contribution in [0, 0.1) is 0 Å². The lowest BCUT2D eigenvalue weighted by Gasteiger charge is -2.13. The molecule has 0 amide bonds. The molecule has 0 N–H and O–H groups in total. The SMILES string of the molecule is c1ccc(-c2ccc(-c3nc(-c4cc5ccccc5c5ccccc45)nc(-c4cccc5oc6c(-c7ccc(-c8ccccc8)c8ccccc78)cccc6c45)n3)cc2)cc1. The zero-order valence-corrected chi connectivity index (χ0v) is 33.0. The van der Waals surface area contributed by atoms with Gasteiger partial charge in [-0.25, -0.2) is 15.0 Å². The average molecular weight is 778 g/mol. The van der Waals surface area contributed by atoms with E-state index in [9.17, 15) is 0 Å². The average Bonchev–Trinajstić information content (AvgIpc) is 3.73. The molecule has 0 radical (unpaired) electrons. The van der Waals surface area contributed by atoms with Crippen LogP contribution < -0.4 is 0 Å². The summed E-state index contributed by atoms with van der Waals surface area (Å²) in [6, 6.07) is 74.5. The van der Waals surface area contributed by atoms with E-state index < -0.39 is 0 Å². The van der Waals surface area contributed by atoms with Crippen LogP contribution in [0.4, 0.5) is 0 Å². The minimum absolute atomic E-state index is 0.584. The Hall–Kier alpha value is -8.21. The summed E-state index contributed by atoms with van der Waals surface area (Å²) >= 11 is 0. The van der Waals surface area contributed by atoms with Crippen LogP contribution in [0.3, 0.4) is 0 Å². The fourth-order valence-corrected chi connectivity index (χ4v) is 9.08. The molecule has 2 aromatic heterocycles. The van der Waals surface area contributed by atoms with E-state index in [1.54, 1.807) is 0 Å². The van der Waals surface area contributed by atoms with E-state index >= 15 is 0 Å². The van der Waals surface area contributed by atoms with Gasteiger partial charge in [0, 0.05) is 33.0 Å². The van der Waals surface area contributed by atoms with Crippen molar-refractivity contribution < 1.29 is 4.42 Å². The Morgan fingerprint density at radius 2 is 0.787 bits per heavy atom. The van der Waals surface area contributed by atoms with Crippen molar-refractivity contribution in [2.45, 2.75) is 0 Å². The van der Waals surface area contributed by atoms with E-state index in [4.69, 9.17) is 19.4 Å². The van der Waals surface area contributed by atoms with Crippen LogP contribution in [0.5, 0.6) is 0 Å². The highest BCUT2D eigenvalue weighted by atomic mass is 16.3. The molecule has 0 spiro atoms. The van der Waals surface area contributed by atoms with Crippen LogP contribution in [-0.4, -0.2) is 15.0 Å². The van der Waals surface area contributed by atoms with Crippen molar-refractivity contribution in [1.82, 2.24) is 15.0 Å². The molecule has 0 fully saturated rings. The molecule has 0 unspecified atom stereocenters. The Kier molecular flexibility index (Phi) is 8.13. The number of benzene rings is 10. The van der Waals surface area contributed by atoms with Gasteiger partial charge in [-0.1, -0.05) is 200 Å². The van der Waals surface area contributed by atoms with Crippen molar-refractivity contribution in [2.24, 2.45) is 0 Å². The molecule has 61 heavy (non-hydrogen) atoms. The molecule has 0 atom stereocenters. The highest BCUT2D eigenvalue weighted by Crippen LogP contribution is 2.44. The minimum atomic E-state index is 0.584. The molecule has 10 aromatic carbocycles. The molecule has 284 valence electrons. The first-order valence-electron chi connectivity index (χ1n) is 20.6. The van der Waals surface area contributed by atoms with Gasteiger partial charge in [-0.05, 0) is 72.3 Å². The van der Waals surface area contributed by atoms with Crippen molar-refractivity contribution in [3.05, 3.63) is 212 Å². The molecule has 0 bridgehead atoms. The lowest BCUT2D eigenvalue weighted by molar-refractivity contribution is 0.670. The number of furan rings is 1. The monoisotopic (exact) mass is 777 g/mol. The second-order valence-electron chi connectivity index (χ2n) is 15.5. The molecule has 0 aliphatic carbocycles. The molecule has 12 aromatic rings. The number of para-hydroxylation sites is 1. The smallest absolute Gasteiger partial charge is 0.164 e. The number of rotatable bonds is 6. The second-order valence-corrected chi connectivity index (χ2v) is 15.5. The molecular weight excluding hydrogens is 743 g/mol. The first-order valence-corrected chi connectivity index (χ1v) is 20.6. The number of aromatic nitrogens is 3. The van der Waals surface area contributed by atoms with Crippen molar-refractivity contribution >= 4 is 54.3 Å². The maximum Gasteiger partial charge on any atom is 0.164 e. The largest absolute Gasteiger partial charge is 0.455 e. The van der Waals surface area contributed by atoms with Crippen LogP contribution in [-0.2, 0) is 0 Å². The molecule has 4 nitrogen and oxygen atoms in total. The van der Waals surface area contributed by atoms with Gasteiger partial charge in [0.1, 0.15) is 11.2 Å². The van der Waals surface area contributed by atoms with Gasteiger partial charge in [0.05, 0.1) is 0 Å². The summed E-state index contributed by atoms with van der Waals surface area (Å²) < 4.78 is 6.88. The molecule has 0 saturated carbocycles. The van der Waals surface area contributed by atoms with Crippen LogP contribution in [0.25, 0.3) is 122 Å². The van der Waals surface area contributed by atoms with Gasteiger partial charge < -0.3 is 4.42 Å². The lowest BCUT2D eigenvalue weighted by Crippen LogP contribution is -2.01. The van der Waals surface area contributed by atoms with Crippen LogP contribution in [0.1, 0.15) is 0 Å². The lowest BCUT2D eigenvalue weighted by atomic mass is 9.91. The maximum absolute atomic E-state index is 6.88. The van der Waals surface area contributed by atoms with Crippen LogP contribution >= 0.6 is 0 Å². The topological polar surface area (TPSA) is 51.8 Å². The fraction of sp³-hybridized carbons (Fsp3) is 0. The number of fused-ring (bicyclic) bond motifs is 7. The first kappa shape index (κ1) is 34.8. The van der Waals surface area contributed by atoms with Gasteiger partial charge in [-0.2, -0.15) is 0 Å². The summed E-state index contributed by atoms with van der Waals surface area (Å²) in [7, 11) is 0. The highest BCUT2D eigenvalue weighted by Gasteiger charge is 2.22. The van der Waals surface area contributed by atoms with E-state index in [1.165, 1.54) is 27.3 Å². The normalized spacial score (nSPS) is 11.6. The van der Waals surface area contributed by atoms with E-state index in [0.29, 0.717) is 17.5 Å².